The second-order valence-corrected chi connectivity index (χ2v) is 9.73. The minimum atomic E-state index is -3.79. The van der Waals surface area contributed by atoms with E-state index >= 15 is 0 Å². The molecule has 0 radical (unpaired) electrons. The number of halogens is 1. The number of aryl methyl sites for hydroxylation is 1. The number of carbonyl (C=O) groups is 1. The number of piperidine rings is 1. The van der Waals surface area contributed by atoms with Gasteiger partial charge in [-0.2, -0.15) is 9.29 Å². The van der Waals surface area contributed by atoms with Crippen LogP contribution in [0.4, 0.5) is 10.1 Å². The highest BCUT2D eigenvalue weighted by atomic mass is 32.2. The van der Waals surface area contributed by atoms with Crippen molar-refractivity contribution in [3.05, 3.63) is 59.7 Å². The number of anilines is 1. The summed E-state index contributed by atoms with van der Waals surface area (Å²) in [5, 5.41) is 6.65. The van der Waals surface area contributed by atoms with Crippen LogP contribution in [0.15, 0.2) is 51.9 Å². The first-order valence-corrected chi connectivity index (χ1v) is 11.7. The van der Waals surface area contributed by atoms with E-state index in [0.29, 0.717) is 43.2 Å². The van der Waals surface area contributed by atoms with Gasteiger partial charge in [0.2, 0.25) is 15.9 Å². The van der Waals surface area contributed by atoms with Crippen molar-refractivity contribution < 1.29 is 22.1 Å². The number of amides is 1. The molecule has 10 heteroatoms. The number of carbonyl (C=O) groups excluding carboxylic acids is 1. The highest BCUT2D eigenvalue weighted by Gasteiger charge is 2.33. The topological polar surface area (TPSA) is 105 Å². The van der Waals surface area contributed by atoms with Gasteiger partial charge in [0.15, 0.2) is 5.82 Å². The van der Waals surface area contributed by atoms with Crippen molar-refractivity contribution in [3.63, 3.8) is 0 Å². The van der Waals surface area contributed by atoms with Gasteiger partial charge in [0.1, 0.15) is 10.7 Å². The molecule has 1 N–H and O–H groups in total. The molecule has 1 fully saturated rings. The summed E-state index contributed by atoms with van der Waals surface area (Å²) in [6, 6.07) is 10.7. The largest absolute Gasteiger partial charge is 0.334 e. The summed E-state index contributed by atoms with van der Waals surface area (Å²) < 4.78 is 46.5. The number of aromatic nitrogens is 2. The van der Waals surface area contributed by atoms with E-state index in [9.17, 15) is 17.6 Å². The van der Waals surface area contributed by atoms with Crippen LogP contribution in [0.25, 0.3) is 11.5 Å². The summed E-state index contributed by atoms with van der Waals surface area (Å²) in [6.45, 7) is 3.73. The molecule has 8 nitrogen and oxygen atoms in total. The van der Waals surface area contributed by atoms with E-state index in [2.05, 4.69) is 15.5 Å². The normalized spacial score (nSPS) is 15.6. The Labute approximate surface area is 185 Å². The maximum Gasteiger partial charge on any atom is 0.257 e. The summed E-state index contributed by atoms with van der Waals surface area (Å²) >= 11 is 0. The van der Waals surface area contributed by atoms with Crippen molar-refractivity contribution in [1.82, 2.24) is 14.4 Å². The smallest absolute Gasteiger partial charge is 0.257 e. The third-order valence-electron chi connectivity index (χ3n) is 5.42. The van der Waals surface area contributed by atoms with Crippen molar-refractivity contribution in [2.24, 2.45) is 0 Å². The van der Waals surface area contributed by atoms with Gasteiger partial charge in [-0.25, -0.2) is 12.8 Å². The van der Waals surface area contributed by atoms with Crippen molar-refractivity contribution in [2.45, 2.75) is 37.5 Å². The molecule has 32 heavy (non-hydrogen) atoms. The van der Waals surface area contributed by atoms with Crippen LogP contribution in [0, 0.1) is 12.7 Å². The lowest BCUT2D eigenvalue weighted by Crippen LogP contribution is -2.38. The number of rotatable bonds is 5. The predicted molar refractivity (Wildman–Crippen MR) is 116 cm³/mol. The van der Waals surface area contributed by atoms with E-state index in [0.717, 1.165) is 5.56 Å². The number of hydrogen-bond acceptors (Lipinski definition) is 6. The van der Waals surface area contributed by atoms with Crippen molar-refractivity contribution in [1.29, 1.82) is 0 Å². The lowest BCUT2D eigenvalue weighted by molar-refractivity contribution is -0.114. The highest BCUT2D eigenvalue weighted by Crippen LogP contribution is 2.33. The van der Waals surface area contributed by atoms with Crippen LogP contribution in [0.5, 0.6) is 0 Å². The molecule has 2 heterocycles. The fourth-order valence-electron chi connectivity index (χ4n) is 3.74. The molecule has 4 rings (SSSR count). The van der Waals surface area contributed by atoms with Crippen LogP contribution in [0.3, 0.4) is 0 Å². The molecule has 2 aromatic carbocycles. The summed E-state index contributed by atoms with van der Waals surface area (Å²) in [5.74, 6) is 0.0766. The molecular formula is C22H23FN4O4S. The maximum atomic E-state index is 13.3. The Kier molecular flexibility index (Phi) is 6.07. The number of hydrogen-bond donors (Lipinski definition) is 1. The molecule has 0 atom stereocenters. The maximum absolute atomic E-state index is 13.3. The summed E-state index contributed by atoms with van der Waals surface area (Å²) in [7, 11) is -3.79. The van der Waals surface area contributed by atoms with Gasteiger partial charge in [0.25, 0.3) is 5.89 Å². The van der Waals surface area contributed by atoms with Crippen LogP contribution < -0.4 is 5.32 Å². The molecule has 1 aromatic heterocycles. The van der Waals surface area contributed by atoms with E-state index in [-0.39, 0.29) is 28.2 Å². The van der Waals surface area contributed by atoms with Gasteiger partial charge in [0, 0.05) is 31.5 Å². The zero-order valence-corrected chi connectivity index (χ0v) is 18.5. The van der Waals surface area contributed by atoms with E-state index in [1.165, 1.54) is 23.4 Å². The first-order chi connectivity index (χ1) is 15.2. The third kappa shape index (κ3) is 4.56. The van der Waals surface area contributed by atoms with Gasteiger partial charge >= 0.3 is 0 Å². The standard InChI is InChI=1S/C22H23FN4O4S/c1-14-3-8-19(24-15(2)28)20(13-14)32(29,30)27-11-9-16(10-12-27)21-25-22(31-26-21)17-4-6-18(23)7-5-17/h3-8,13,16H,9-12H2,1-2H3,(H,24,28). The van der Waals surface area contributed by atoms with Gasteiger partial charge < -0.3 is 9.84 Å². The van der Waals surface area contributed by atoms with Gasteiger partial charge in [-0.1, -0.05) is 11.2 Å². The molecule has 168 valence electrons. The SMILES string of the molecule is CC(=O)Nc1ccc(C)cc1S(=O)(=O)N1CCC(c2noc(-c3ccc(F)cc3)n2)CC1. The highest BCUT2D eigenvalue weighted by molar-refractivity contribution is 7.89. The Morgan fingerprint density at radius 2 is 1.84 bits per heavy atom. The lowest BCUT2D eigenvalue weighted by atomic mass is 9.97. The number of nitrogens with zero attached hydrogens (tertiary/aromatic N) is 3. The Hall–Kier alpha value is -3.11. The Balaban J connectivity index is 1.49. The molecule has 0 spiro atoms. The number of nitrogens with one attached hydrogen (secondary N) is 1. The molecule has 1 amide bonds. The Morgan fingerprint density at radius 3 is 2.50 bits per heavy atom. The van der Waals surface area contributed by atoms with Crippen molar-refractivity contribution >= 4 is 21.6 Å². The fourth-order valence-corrected chi connectivity index (χ4v) is 5.44. The van der Waals surface area contributed by atoms with Crippen LogP contribution in [-0.4, -0.2) is 41.9 Å². The minimum Gasteiger partial charge on any atom is -0.334 e. The van der Waals surface area contributed by atoms with Crippen LogP contribution in [0.1, 0.15) is 37.1 Å². The van der Waals surface area contributed by atoms with Crippen molar-refractivity contribution in [3.8, 4) is 11.5 Å². The molecule has 0 aliphatic carbocycles. The van der Waals surface area contributed by atoms with Gasteiger partial charge in [-0.05, 0) is 61.7 Å². The van der Waals surface area contributed by atoms with Crippen LogP contribution in [-0.2, 0) is 14.8 Å². The monoisotopic (exact) mass is 458 g/mol. The second-order valence-electron chi connectivity index (χ2n) is 7.82. The van der Waals surface area contributed by atoms with Gasteiger partial charge in [-0.3, -0.25) is 4.79 Å². The van der Waals surface area contributed by atoms with Gasteiger partial charge in [0.05, 0.1) is 5.69 Å². The van der Waals surface area contributed by atoms with Crippen molar-refractivity contribution in [2.75, 3.05) is 18.4 Å². The van der Waals surface area contributed by atoms with E-state index in [1.54, 1.807) is 37.3 Å². The molecular weight excluding hydrogens is 435 g/mol. The molecule has 0 bridgehead atoms. The zero-order valence-electron chi connectivity index (χ0n) is 17.7. The van der Waals surface area contributed by atoms with E-state index < -0.39 is 10.0 Å². The number of benzene rings is 2. The summed E-state index contributed by atoms with van der Waals surface area (Å²) in [4.78, 5) is 16.0. The van der Waals surface area contributed by atoms with E-state index in [4.69, 9.17) is 4.52 Å². The van der Waals surface area contributed by atoms with Crippen LogP contribution in [0.2, 0.25) is 0 Å². The lowest BCUT2D eigenvalue weighted by Gasteiger charge is -2.30. The third-order valence-corrected chi connectivity index (χ3v) is 7.36. The Bertz CT molecular complexity index is 1230. The van der Waals surface area contributed by atoms with E-state index in [1.807, 2.05) is 0 Å². The molecule has 1 aliphatic heterocycles. The molecule has 1 saturated heterocycles. The molecule has 0 saturated carbocycles. The average Bonchev–Trinajstić information content (AvgIpc) is 3.25. The zero-order chi connectivity index (χ0) is 22.9. The molecule has 3 aromatic rings. The van der Waals surface area contributed by atoms with Gasteiger partial charge in [-0.15, -0.1) is 0 Å². The molecule has 1 aliphatic rings. The average molecular weight is 459 g/mol. The first kappa shape index (κ1) is 22.1. The second kappa shape index (κ2) is 8.79. The molecule has 0 unspecified atom stereocenters. The predicted octanol–water partition coefficient (Wildman–Crippen LogP) is 3.71. The Morgan fingerprint density at radius 1 is 1.16 bits per heavy atom. The first-order valence-electron chi connectivity index (χ1n) is 10.2. The number of sulfonamides is 1. The minimum absolute atomic E-state index is 0.0493. The summed E-state index contributed by atoms with van der Waals surface area (Å²) in [6.07, 6.45) is 1.06. The summed E-state index contributed by atoms with van der Waals surface area (Å²) in [5.41, 5.74) is 1.68. The van der Waals surface area contributed by atoms with Crippen LogP contribution >= 0.6 is 0 Å². The fraction of sp³-hybridized carbons (Fsp3) is 0.318. The quantitative estimate of drug-likeness (QED) is 0.625.